The Morgan fingerprint density at radius 3 is 2.66 bits per heavy atom. The molecular weight excluding hydrogens is 364 g/mol. The highest BCUT2D eigenvalue weighted by atomic mass is 16.5. The van der Waals surface area contributed by atoms with Crippen molar-refractivity contribution in [3.8, 4) is 0 Å². The molecule has 0 radical (unpaired) electrons. The third-order valence-electron chi connectivity index (χ3n) is 7.11. The lowest BCUT2D eigenvalue weighted by atomic mass is 9.79. The molecule has 0 saturated carbocycles. The molecule has 1 amide bonds. The minimum absolute atomic E-state index is 0.0131. The van der Waals surface area contributed by atoms with Gasteiger partial charge in [0, 0.05) is 58.4 Å². The molecule has 0 bridgehead atoms. The van der Waals surface area contributed by atoms with Gasteiger partial charge >= 0.3 is 0 Å². The number of hydrazone groups is 1. The summed E-state index contributed by atoms with van der Waals surface area (Å²) in [6, 6.07) is 8.79. The van der Waals surface area contributed by atoms with Crippen LogP contribution in [0.4, 0.5) is 0 Å². The Kier molecular flexibility index (Phi) is 5.31. The van der Waals surface area contributed by atoms with Gasteiger partial charge in [-0.05, 0) is 36.8 Å². The van der Waals surface area contributed by atoms with Gasteiger partial charge < -0.3 is 14.5 Å². The standard InChI is InChI=1S/C23H32N4O2/c28-22(26-11-4-12-26)20(18-27-13-3-10-24-27)17-25-14-8-23(9-15-25)21-6-2-1-5-19(21)7-16-29-23/h1-2,5-6,10,20H,3-4,7-9,11-18H2. The molecule has 2 fully saturated rings. The maximum Gasteiger partial charge on any atom is 0.228 e. The third kappa shape index (κ3) is 3.80. The zero-order chi connectivity index (χ0) is 19.7. The second-order valence-electron chi connectivity index (χ2n) is 8.93. The first-order valence-corrected chi connectivity index (χ1v) is 11.2. The number of piperidine rings is 1. The molecule has 6 nitrogen and oxygen atoms in total. The molecule has 29 heavy (non-hydrogen) atoms. The zero-order valence-electron chi connectivity index (χ0n) is 17.3. The van der Waals surface area contributed by atoms with Crippen LogP contribution in [-0.4, -0.2) is 79.4 Å². The Morgan fingerprint density at radius 1 is 1.10 bits per heavy atom. The predicted octanol–water partition coefficient (Wildman–Crippen LogP) is 2.09. The highest BCUT2D eigenvalue weighted by molar-refractivity contribution is 5.80. The van der Waals surface area contributed by atoms with Crippen LogP contribution in [-0.2, 0) is 21.6 Å². The van der Waals surface area contributed by atoms with Crippen LogP contribution >= 0.6 is 0 Å². The van der Waals surface area contributed by atoms with Gasteiger partial charge in [-0.1, -0.05) is 24.3 Å². The summed E-state index contributed by atoms with van der Waals surface area (Å²) in [5.41, 5.74) is 2.72. The van der Waals surface area contributed by atoms with E-state index in [-0.39, 0.29) is 11.5 Å². The van der Waals surface area contributed by atoms with E-state index in [0.717, 1.165) is 84.5 Å². The van der Waals surface area contributed by atoms with Crippen LogP contribution < -0.4 is 0 Å². The number of hydrogen-bond acceptors (Lipinski definition) is 5. The van der Waals surface area contributed by atoms with Crippen LogP contribution in [0, 0.1) is 5.92 Å². The number of ether oxygens (including phenoxy) is 1. The van der Waals surface area contributed by atoms with Crippen LogP contribution in [0.1, 0.15) is 36.8 Å². The lowest BCUT2D eigenvalue weighted by molar-refractivity contribution is -0.141. The molecule has 1 aromatic carbocycles. The van der Waals surface area contributed by atoms with E-state index >= 15 is 0 Å². The minimum Gasteiger partial charge on any atom is -0.370 e. The molecule has 1 spiro atoms. The Morgan fingerprint density at radius 2 is 1.93 bits per heavy atom. The van der Waals surface area contributed by atoms with Crippen molar-refractivity contribution in [3.63, 3.8) is 0 Å². The molecule has 1 atom stereocenters. The number of likely N-dealkylation sites (tertiary alicyclic amines) is 2. The smallest absolute Gasteiger partial charge is 0.228 e. The van der Waals surface area contributed by atoms with Crippen molar-refractivity contribution in [2.24, 2.45) is 11.0 Å². The molecular formula is C23H32N4O2. The lowest BCUT2D eigenvalue weighted by Gasteiger charge is -2.46. The quantitative estimate of drug-likeness (QED) is 0.765. The molecule has 0 aromatic heterocycles. The number of benzene rings is 1. The number of fused-ring (bicyclic) bond motifs is 2. The molecule has 4 aliphatic rings. The van der Waals surface area contributed by atoms with Crippen molar-refractivity contribution >= 4 is 12.1 Å². The molecule has 6 heteroatoms. The highest BCUT2D eigenvalue weighted by Crippen LogP contribution is 2.41. The van der Waals surface area contributed by atoms with Gasteiger partial charge in [0.15, 0.2) is 0 Å². The van der Waals surface area contributed by atoms with Gasteiger partial charge in [-0.25, -0.2) is 0 Å². The number of amides is 1. The Hall–Kier alpha value is -1.92. The topological polar surface area (TPSA) is 48.4 Å². The fourth-order valence-electron chi connectivity index (χ4n) is 5.28. The summed E-state index contributed by atoms with van der Waals surface area (Å²) < 4.78 is 6.38. The molecule has 5 rings (SSSR count). The van der Waals surface area contributed by atoms with E-state index in [4.69, 9.17) is 4.74 Å². The molecule has 4 aliphatic heterocycles. The van der Waals surface area contributed by atoms with Gasteiger partial charge in [-0.15, -0.1) is 0 Å². The van der Waals surface area contributed by atoms with E-state index in [1.807, 2.05) is 11.1 Å². The van der Waals surface area contributed by atoms with E-state index in [1.54, 1.807) is 0 Å². The summed E-state index contributed by atoms with van der Waals surface area (Å²) in [7, 11) is 0. The Labute approximate surface area is 173 Å². The predicted molar refractivity (Wildman–Crippen MR) is 113 cm³/mol. The van der Waals surface area contributed by atoms with Gasteiger partial charge in [-0.2, -0.15) is 5.10 Å². The maximum atomic E-state index is 13.0. The van der Waals surface area contributed by atoms with Crippen LogP contribution in [0.3, 0.4) is 0 Å². The molecule has 4 heterocycles. The van der Waals surface area contributed by atoms with Crippen LogP contribution in [0.15, 0.2) is 29.4 Å². The Bertz CT molecular complexity index is 768. The number of carbonyl (C=O) groups is 1. The summed E-state index contributed by atoms with van der Waals surface area (Å²) in [6.45, 7) is 7.16. The van der Waals surface area contributed by atoms with Crippen molar-refractivity contribution in [1.82, 2.24) is 14.8 Å². The van der Waals surface area contributed by atoms with E-state index in [0.29, 0.717) is 5.91 Å². The van der Waals surface area contributed by atoms with Crippen molar-refractivity contribution in [1.29, 1.82) is 0 Å². The lowest BCUT2D eigenvalue weighted by Crippen LogP contribution is -2.52. The average molecular weight is 397 g/mol. The van der Waals surface area contributed by atoms with E-state index in [9.17, 15) is 4.79 Å². The number of nitrogens with zero attached hydrogens (tertiary/aromatic N) is 4. The molecule has 156 valence electrons. The summed E-state index contributed by atoms with van der Waals surface area (Å²) >= 11 is 0. The monoisotopic (exact) mass is 396 g/mol. The maximum absolute atomic E-state index is 13.0. The van der Waals surface area contributed by atoms with E-state index in [2.05, 4.69) is 39.3 Å². The number of rotatable bonds is 5. The second kappa shape index (κ2) is 8.07. The third-order valence-corrected chi connectivity index (χ3v) is 7.11. The summed E-state index contributed by atoms with van der Waals surface area (Å²) in [4.78, 5) is 17.5. The first-order valence-electron chi connectivity index (χ1n) is 11.2. The van der Waals surface area contributed by atoms with Crippen LogP contribution in [0.2, 0.25) is 0 Å². The first-order chi connectivity index (χ1) is 14.2. The minimum atomic E-state index is -0.123. The fraction of sp³-hybridized carbons (Fsp3) is 0.652. The fourth-order valence-corrected chi connectivity index (χ4v) is 5.28. The van der Waals surface area contributed by atoms with Crippen molar-refractivity contribution < 1.29 is 9.53 Å². The molecule has 2 saturated heterocycles. The molecule has 0 aliphatic carbocycles. The highest BCUT2D eigenvalue weighted by Gasteiger charge is 2.41. The summed E-state index contributed by atoms with van der Waals surface area (Å²) in [5.74, 6) is 0.331. The average Bonchev–Trinajstić information content (AvgIpc) is 3.21. The largest absolute Gasteiger partial charge is 0.370 e. The molecule has 0 N–H and O–H groups in total. The first kappa shape index (κ1) is 19.1. The van der Waals surface area contributed by atoms with Gasteiger partial charge in [-0.3, -0.25) is 9.80 Å². The number of hydrogen-bond donors (Lipinski definition) is 0. The van der Waals surface area contributed by atoms with Crippen molar-refractivity contribution in [2.75, 3.05) is 52.4 Å². The van der Waals surface area contributed by atoms with Crippen LogP contribution in [0.5, 0.6) is 0 Å². The summed E-state index contributed by atoms with van der Waals surface area (Å²) in [5, 5.41) is 6.52. The van der Waals surface area contributed by atoms with Gasteiger partial charge in [0.1, 0.15) is 0 Å². The number of carbonyl (C=O) groups excluding carboxylic acids is 1. The molecule has 1 unspecified atom stereocenters. The Balaban J connectivity index is 1.24. The van der Waals surface area contributed by atoms with Gasteiger partial charge in [0.25, 0.3) is 0 Å². The van der Waals surface area contributed by atoms with E-state index < -0.39 is 0 Å². The van der Waals surface area contributed by atoms with Gasteiger partial charge in [0.05, 0.1) is 18.1 Å². The zero-order valence-corrected chi connectivity index (χ0v) is 17.3. The summed E-state index contributed by atoms with van der Waals surface area (Å²) in [6.07, 6.45) is 7.14. The van der Waals surface area contributed by atoms with E-state index in [1.165, 1.54) is 11.1 Å². The van der Waals surface area contributed by atoms with Gasteiger partial charge in [0.2, 0.25) is 5.91 Å². The SMILES string of the molecule is O=C(C(CN1CCC2(CC1)OCCc1ccccc12)CN1CCC=N1)N1CCC1. The molecule has 1 aromatic rings. The van der Waals surface area contributed by atoms with Crippen LogP contribution in [0.25, 0.3) is 0 Å². The normalized spacial score (nSPS) is 24.4. The van der Waals surface area contributed by atoms with Crippen molar-refractivity contribution in [2.45, 2.75) is 37.7 Å². The van der Waals surface area contributed by atoms with Crippen molar-refractivity contribution in [3.05, 3.63) is 35.4 Å². The second-order valence-corrected chi connectivity index (χ2v) is 8.93.